The Bertz CT molecular complexity index is 1160. The van der Waals surface area contributed by atoms with Gasteiger partial charge in [0.05, 0.1) is 13.2 Å². The minimum Gasteiger partial charge on any atom is -0.465 e. The molecular weight excluding hydrogens is 453 g/mol. The van der Waals surface area contributed by atoms with Gasteiger partial charge in [0.2, 0.25) is 0 Å². The normalized spacial score (nSPS) is 20.2. The lowest BCUT2D eigenvalue weighted by Crippen LogP contribution is -2.36. The first-order valence-corrected chi connectivity index (χ1v) is 11.8. The molecule has 33 heavy (non-hydrogen) atoms. The average molecular weight is 479 g/mol. The predicted octanol–water partition coefficient (Wildman–Crippen LogP) is 2.04. The number of benzene rings is 1. The fourth-order valence-electron chi connectivity index (χ4n) is 2.96. The second-order valence-electron chi connectivity index (χ2n) is 7.23. The lowest BCUT2D eigenvalue weighted by molar-refractivity contribution is -0.144. The highest BCUT2D eigenvalue weighted by Crippen LogP contribution is 2.45. The maximum absolute atomic E-state index is 13.4. The van der Waals surface area contributed by atoms with E-state index >= 15 is 0 Å². The van der Waals surface area contributed by atoms with Crippen molar-refractivity contribution in [3.8, 4) is 5.75 Å². The van der Waals surface area contributed by atoms with E-state index in [1.807, 2.05) is 0 Å². The molecule has 0 spiro atoms. The Morgan fingerprint density at radius 2 is 2.00 bits per heavy atom. The van der Waals surface area contributed by atoms with E-state index in [-0.39, 0.29) is 19.0 Å². The van der Waals surface area contributed by atoms with E-state index in [2.05, 4.69) is 10.1 Å². The van der Waals surface area contributed by atoms with Gasteiger partial charge in [0.15, 0.2) is 6.23 Å². The maximum Gasteiger partial charge on any atom is 0.459 e. The van der Waals surface area contributed by atoms with Crippen LogP contribution >= 0.6 is 7.75 Å². The average Bonchev–Trinajstić information content (AvgIpc) is 3.24. The number of nitrogens with one attached hydrogen (secondary N) is 2. The summed E-state index contributed by atoms with van der Waals surface area (Å²) in [5, 5.41) is 2.58. The largest absolute Gasteiger partial charge is 0.465 e. The third-order valence-electron chi connectivity index (χ3n) is 4.59. The minimum atomic E-state index is -4.02. The van der Waals surface area contributed by atoms with E-state index in [9.17, 15) is 18.9 Å². The first-order chi connectivity index (χ1) is 15.7. The topological polar surface area (TPSA) is 138 Å². The number of nitrogens with zero attached hydrogens (tertiary/aromatic N) is 1. The lowest BCUT2D eigenvalue weighted by Gasteiger charge is -2.24. The summed E-state index contributed by atoms with van der Waals surface area (Å²) in [6, 6.07) is 7.40. The molecule has 2 N–H and O–H groups in total. The third kappa shape index (κ3) is 6.52. The van der Waals surface area contributed by atoms with Crippen molar-refractivity contribution in [2.45, 2.75) is 39.1 Å². The van der Waals surface area contributed by atoms with Crippen molar-refractivity contribution in [2.75, 3.05) is 13.2 Å². The molecule has 0 amide bonds. The number of carbonyl (C=O) groups is 1. The molecule has 1 aromatic carbocycles. The van der Waals surface area contributed by atoms with Crippen LogP contribution in [0, 0.1) is 6.92 Å². The number of hydrogen-bond acceptors (Lipinski definition) is 8. The highest BCUT2D eigenvalue weighted by Gasteiger charge is 2.34. The van der Waals surface area contributed by atoms with Crippen LogP contribution < -0.4 is 20.9 Å². The SMILES string of the molecule is CCOC(=O)[C@H](C)NP(=O)(OC[C@@H]1C=C[C@H](n2cc(C)c(=O)[nH]c2=O)O1)Oc1ccccc1. The highest BCUT2D eigenvalue weighted by molar-refractivity contribution is 7.52. The fraction of sp³-hybridized carbons (Fsp3) is 0.381. The van der Waals surface area contributed by atoms with Crippen molar-refractivity contribution >= 4 is 13.7 Å². The Hall–Kier alpha value is -2.98. The molecule has 0 saturated heterocycles. The summed E-state index contributed by atoms with van der Waals surface area (Å²) < 4.78 is 36.5. The number of aromatic amines is 1. The van der Waals surface area contributed by atoms with Gasteiger partial charge in [-0.15, -0.1) is 0 Å². The van der Waals surface area contributed by atoms with Crippen LogP contribution in [0.2, 0.25) is 0 Å². The Balaban J connectivity index is 1.69. The molecule has 2 heterocycles. The Labute approximate surface area is 189 Å². The van der Waals surface area contributed by atoms with Crippen molar-refractivity contribution in [1.29, 1.82) is 0 Å². The molecule has 2 aromatic rings. The third-order valence-corrected chi connectivity index (χ3v) is 6.24. The molecule has 4 atom stereocenters. The zero-order valence-corrected chi connectivity index (χ0v) is 19.3. The number of para-hydroxylation sites is 1. The molecular formula is C21H26N3O8P. The van der Waals surface area contributed by atoms with E-state index in [1.165, 1.54) is 17.7 Å². The molecule has 1 aliphatic heterocycles. The van der Waals surface area contributed by atoms with Gasteiger partial charge in [0.1, 0.15) is 17.9 Å². The van der Waals surface area contributed by atoms with Gasteiger partial charge < -0.3 is 14.0 Å². The Kier molecular flexibility index (Phi) is 8.04. The Morgan fingerprint density at radius 1 is 1.27 bits per heavy atom. The van der Waals surface area contributed by atoms with Crippen molar-refractivity contribution in [2.24, 2.45) is 0 Å². The van der Waals surface area contributed by atoms with Crippen molar-refractivity contribution in [1.82, 2.24) is 14.6 Å². The monoisotopic (exact) mass is 479 g/mol. The summed E-state index contributed by atoms with van der Waals surface area (Å²) in [6.45, 7) is 4.69. The van der Waals surface area contributed by atoms with Crippen LogP contribution in [-0.4, -0.2) is 40.9 Å². The highest BCUT2D eigenvalue weighted by atomic mass is 31.2. The summed E-state index contributed by atoms with van der Waals surface area (Å²) in [6.07, 6.45) is 3.21. The molecule has 0 aliphatic carbocycles. The van der Waals surface area contributed by atoms with Crippen LogP contribution in [0.4, 0.5) is 0 Å². The molecule has 0 bridgehead atoms. The van der Waals surface area contributed by atoms with Gasteiger partial charge in [0.25, 0.3) is 5.56 Å². The van der Waals surface area contributed by atoms with Gasteiger partial charge >= 0.3 is 19.4 Å². The first-order valence-electron chi connectivity index (χ1n) is 10.3. The van der Waals surface area contributed by atoms with E-state index in [1.54, 1.807) is 56.3 Å². The molecule has 3 rings (SSSR count). The number of aryl methyl sites for hydroxylation is 1. The van der Waals surface area contributed by atoms with Crippen molar-refractivity contribution in [3.63, 3.8) is 0 Å². The van der Waals surface area contributed by atoms with Crippen LogP contribution in [0.25, 0.3) is 0 Å². The summed E-state index contributed by atoms with van der Waals surface area (Å²) in [4.78, 5) is 37.9. The van der Waals surface area contributed by atoms with Crippen LogP contribution in [0.5, 0.6) is 5.75 Å². The number of H-pyrrole nitrogens is 1. The summed E-state index contributed by atoms with van der Waals surface area (Å²) in [7, 11) is -4.02. The zero-order valence-electron chi connectivity index (χ0n) is 18.4. The molecule has 1 aromatic heterocycles. The van der Waals surface area contributed by atoms with Gasteiger partial charge in [-0.05, 0) is 39.0 Å². The van der Waals surface area contributed by atoms with Crippen molar-refractivity contribution in [3.05, 3.63) is 75.1 Å². The molecule has 1 unspecified atom stereocenters. The molecule has 0 fully saturated rings. The summed E-state index contributed by atoms with van der Waals surface area (Å²) in [5.74, 6) is -0.330. The van der Waals surface area contributed by atoms with Gasteiger partial charge in [-0.3, -0.25) is 23.7 Å². The van der Waals surface area contributed by atoms with Gasteiger partial charge in [-0.2, -0.15) is 5.09 Å². The maximum atomic E-state index is 13.4. The number of esters is 1. The summed E-state index contributed by atoms with van der Waals surface area (Å²) >= 11 is 0. The van der Waals surface area contributed by atoms with E-state index in [4.69, 9.17) is 18.5 Å². The van der Waals surface area contributed by atoms with Gasteiger partial charge in [-0.1, -0.05) is 24.3 Å². The molecule has 1 aliphatic rings. The number of hydrogen-bond donors (Lipinski definition) is 2. The number of ether oxygens (including phenoxy) is 2. The van der Waals surface area contributed by atoms with E-state index < -0.39 is 43.3 Å². The van der Waals surface area contributed by atoms with Crippen LogP contribution in [0.15, 0.2) is 58.3 Å². The number of aromatic nitrogens is 2. The quantitative estimate of drug-likeness (QED) is 0.298. The van der Waals surface area contributed by atoms with Crippen LogP contribution in [0.3, 0.4) is 0 Å². The standard InChI is InChI=1S/C21H26N3O8P/c1-4-29-20(26)15(3)23-33(28,32-16-8-6-5-7-9-16)30-13-17-10-11-18(31-17)24-12-14(2)19(25)22-21(24)27/h5-12,15,17-18H,4,13H2,1-3H3,(H,23,28)(H,22,25,27)/t15-,17-,18+,33?/m0/s1. The minimum absolute atomic E-state index is 0.168. The molecule has 178 valence electrons. The molecule has 0 radical (unpaired) electrons. The second kappa shape index (κ2) is 10.8. The Morgan fingerprint density at radius 3 is 2.70 bits per heavy atom. The summed E-state index contributed by atoms with van der Waals surface area (Å²) in [5.41, 5.74) is -0.743. The fourth-order valence-corrected chi connectivity index (χ4v) is 4.46. The molecule has 12 heteroatoms. The second-order valence-corrected chi connectivity index (χ2v) is 8.92. The molecule has 11 nitrogen and oxygen atoms in total. The van der Waals surface area contributed by atoms with Crippen LogP contribution in [0.1, 0.15) is 25.6 Å². The van der Waals surface area contributed by atoms with E-state index in [0.29, 0.717) is 5.56 Å². The number of rotatable bonds is 10. The predicted molar refractivity (Wildman–Crippen MR) is 119 cm³/mol. The first kappa shape index (κ1) is 24.7. The van der Waals surface area contributed by atoms with E-state index in [0.717, 1.165) is 0 Å². The number of carbonyl (C=O) groups excluding carboxylic acids is 1. The van der Waals surface area contributed by atoms with Gasteiger partial charge in [-0.25, -0.2) is 9.36 Å². The smallest absolute Gasteiger partial charge is 0.459 e. The van der Waals surface area contributed by atoms with Crippen molar-refractivity contribution < 1.29 is 27.9 Å². The molecule has 0 saturated carbocycles. The zero-order chi connectivity index (χ0) is 24.0. The lowest BCUT2D eigenvalue weighted by atomic mass is 10.3. The van der Waals surface area contributed by atoms with Crippen LogP contribution in [-0.2, 0) is 23.4 Å². The van der Waals surface area contributed by atoms with Gasteiger partial charge in [0, 0.05) is 11.8 Å².